The Kier molecular flexibility index (Phi) is 4.33. The SMILES string of the molecule is O=C(Cn1c(=S)[nH]c2ccccc2c1=O)NCCc1cnc[nH]1. The molecule has 1 amide bonds. The lowest BCUT2D eigenvalue weighted by atomic mass is 10.2. The highest BCUT2D eigenvalue weighted by Crippen LogP contribution is 2.05. The number of aromatic amines is 2. The molecule has 3 N–H and O–H groups in total. The smallest absolute Gasteiger partial charge is 0.262 e. The third-order valence-corrected chi connectivity index (χ3v) is 3.78. The Balaban J connectivity index is 1.72. The van der Waals surface area contributed by atoms with E-state index in [1.165, 1.54) is 4.57 Å². The van der Waals surface area contributed by atoms with Crippen molar-refractivity contribution in [3.05, 3.63) is 57.6 Å². The van der Waals surface area contributed by atoms with Crippen molar-refractivity contribution in [1.29, 1.82) is 0 Å². The molecule has 0 fully saturated rings. The maximum atomic E-state index is 12.4. The molecule has 0 spiro atoms. The molecule has 2 heterocycles. The molecule has 0 aliphatic carbocycles. The van der Waals surface area contributed by atoms with Crippen LogP contribution in [-0.2, 0) is 17.8 Å². The minimum absolute atomic E-state index is 0.109. The molecule has 1 aromatic carbocycles. The van der Waals surface area contributed by atoms with Crippen molar-refractivity contribution in [3.8, 4) is 0 Å². The van der Waals surface area contributed by atoms with Gasteiger partial charge in [0.05, 0.1) is 17.2 Å². The first-order valence-corrected chi connectivity index (χ1v) is 7.52. The van der Waals surface area contributed by atoms with Gasteiger partial charge in [-0.3, -0.25) is 14.2 Å². The molecule has 3 aromatic rings. The maximum absolute atomic E-state index is 12.4. The monoisotopic (exact) mass is 329 g/mol. The van der Waals surface area contributed by atoms with Crippen molar-refractivity contribution >= 4 is 29.0 Å². The number of para-hydroxylation sites is 1. The summed E-state index contributed by atoms with van der Waals surface area (Å²) in [7, 11) is 0. The van der Waals surface area contributed by atoms with Gasteiger partial charge in [-0.05, 0) is 24.4 Å². The van der Waals surface area contributed by atoms with Crippen molar-refractivity contribution in [1.82, 2.24) is 24.8 Å². The number of rotatable bonds is 5. The summed E-state index contributed by atoms with van der Waals surface area (Å²) < 4.78 is 1.50. The molecule has 2 aromatic heterocycles. The fourth-order valence-electron chi connectivity index (χ4n) is 2.30. The number of carbonyl (C=O) groups excluding carboxylic acids is 1. The van der Waals surface area contributed by atoms with Crippen molar-refractivity contribution < 1.29 is 4.79 Å². The molecular weight excluding hydrogens is 314 g/mol. The van der Waals surface area contributed by atoms with Crippen LogP contribution in [0.25, 0.3) is 10.9 Å². The first-order valence-electron chi connectivity index (χ1n) is 7.11. The molecule has 0 unspecified atom stereocenters. The van der Waals surface area contributed by atoms with Crippen molar-refractivity contribution in [2.24, 2.45) is 0 Å². The quantitative estimate of drug-likeness (QED) is 0.612. The van der Waals surface area contributed by atoms with Crippen LogP contribution in [-0.4, -0.2) is 32.0 Å². The summed E-state index contributed by atoms with van der Waals surface area (Å²) in [5, 5.41) is 3.27. The van der Waals surface area contributed by atoms with Crippen LogP contribution in [0.1, 0.15) is 5.69 Å². The number of hydrogen-bond acceptors (Lipinski definition) is 4. The molecular formula is C15H15N5O2S. The van der Waals surface area contributed by atoms with E-state index in [1.54, 1.807) is 30.7 Å². The number of amides is 1. The third-order valence-electron chi connectivity index (χ3n) is 3.46. The Morgan fingerprint density at radius 1 is 1.35 bits per heavy atom. The van der Waals surface area contributed by atoms with E-state index in [4.69, 9.17) is 12.2 Å². The van der Waals surface area contributed by atoms with Crippen LogP contribution in [0.2, 0.25) is 0 Å². The zero-order valence-electron chi connectivity index (χ0n) is 12.2. The molecule has 0 aliphatic rings. The second kappa shape index (κ2) is 6.57. The molecule has 7 nitrogen and oxygen atoms in total. The Morgan fingerprint density at radius 3 is 2.96 bits per heavy atom. The van der Waals surface area contributed by atoms with E-state index in [-0.39, 0.29) is 22.8 Å². The average molecular weight is 329 g/mol. The standard InChI is InChI=1S/C15H15N5O2S/c21-13(17-6-5-10-7-16-9-18-10)8-20-14(22)11-3-1-2-4-12(11)19-15(20)23/h1-4,7,9H,5-6,8H2,(H,16,18)(H,17,21)(H,19,23). The lowest BCUT2D eigenvalue weighted by molar-refractivity contribution is -0.121. The number of aromatic nitrogens is 4. The molecule has 0 saturated heterocycles. The molecule has 0 bridgehead atoms. The number of hydrogen-bond donors (Lipinski definition) is 3. The minimum Gasteiger partial charge on any atom is -0.354 e. The zero-order chi connectivity index (χ0) is 16.2. The number of nitrogens with one attached hydrogen (secondary N) is 3. The number of carbonyl (C=O) groups is 1. The van der Waals surface area contributed by atoms with E-state index in [0.29, 0.717) is 23.9 Å². The molecule has 0 saturated carbocycles. The Bertz CT molecular complexity index is 942. The third kappa shape index (κ3) is 3.37. The van der Waals surface area contributed by atoms with E-state index < -0.39 is 0 Å². The van der Waals surface area contributed by atoms with Gasteiger partial charge in [0, 0.05) is 24.9 Å². The van der Waals surface area contributed by atoms with Crippen LogP contribution >= 0.6 is 12.2 Å². The van der Waals surface area contributed by atoms with Gasteiger partial charge in [0.1, 0.15) is 6.54 Å². The second-order valence-corrected chi connectivity index (χ2v) is 5.43. The van der Waals surface area contributed by atoms with E-state index in [1.807, 2.05) is 6.07 Å². The van der Waals surface area contributed by atoms with Crippen LogP contribution in [0.5, 0.6) is 0 Å². The number of H-pyrrole nitrogens is 2. The second-order valence-electron chi connectivity index (χ2n) is 5.04. The summed E-state index contributed by atoms with van der Waals surface area (Å²) >= 11 is 5.18. The Morgan fingerprint density at radius 2 is 2.17 bits per heavy atom. The molecule has 3 rings (SSSR count). The normalized spacial score (nSPS) is 10.8. The molecule has 118 valence electrons. The molecule has 23 heavy (non-hydrogen) atoms. The van der Waals surface area contributed by atoms with Gasteiger partial charge in [-0.2, -0.15) is 0 Å². The summed E-state index contributed by atoms with van der Waals surface area (Å²) in [4.78, 5) is 34.3. The molecule has 0 atom stereocenters. The Labute approximate surface area is 136 Å². The number of benzene rings is 1. The topological polar surface area (TPSA) is 95.6 Å². The summed E-state index contributed by atoms with van der Waals surface area (Å²) in [6, 6.07) is 7.08. The first kappa shape index (κ1) is 15.2. The van der Waals surface area contributed by atoms with Gasteiger partial charge in [-0.1, -0.05) is 12.1 Å². The highest BCUT2D eigenvalue weighted by atomic mass is 32.1. The minimum atomic E-state index is -0.270. The summed E-state index contributed by atoms with van der Waals surface area (Å²) in [6.07, 6.45) is 3.94. The lowest BCUT2D eigenvalue weighted by Gasteiger charge is -2.08. The van der Waals surface area contributed by atoms with Crippen molar-refractivity contribution in [2.45, 2.75) is 13.0 Å². The predicted octanol–water partition coefficient (Wildman–Crippen LogP) is 1.14. The van der Waals surface area contributed by atoms with Crippen LogP contribution < -0.4 is 10.9 Å². The molecule has 0 aliphatic heterocycles. The van der Waals surface area contributed by atoms with E-state index in [2.05, 4.69) is 20.3 Å². The highest BCUT2D eigenvalue weighted by Gasteiger charge is 2.09. The van der Waals surface area contributed by atoms with Gasteiger partial charge in [0.15, 0.2) is 4.77 Å². The van der Waals surface area contributed by atoms with Crippen LogP contribution in [0.4, 0.5) is 0 Å². The lowest BCUT2D eigenvalue weighted by Crippen LogP contribution is -2.34. The Hall–Kier alpha value is -2.74. The van der Waals surface area contributed by atoms with E-state index >= 15 is 0 Å². The first-order chi connectivity index (χ1) is 11.1. The van der Waals surface area contributed by atoms with Gasteiger partial charge in [-0.15, -0.1) is 0 Å². The summed E-state index contributed by atoms with van der Waals surface area (Å²) in [5.74, 6) is -0.263. The van der Waals surface area contributed by atoms with Gasteiger partial charge in [-0.25, -0.2) is 4.98 Å². The van der Waals surface area contributed by atoms with Crippen molar-refractivity contribution in [3.63, 3.8) is 0 Å². The van der Waals surface area contributed by atoms with Crippen LogP contribution in [0.15, 0.2) is 41.6 Å². The van der Waals surface area contributed by atoms with Gasteiger partial charge in [0.25, 0.3) is 5.56 Å². The number of fused-ring (bicyclic) bond motifs is 1. The molecule has 8 heteroatoms. The van der Waals surface area contributed by atoms with Gasteiger partial charge >= 0.3 is 0 Å². The maximum Gasteiger partial charge on any atom is 0.262 e. The molecule has 0 radical (unpaired) electrons. The van der Waals surface area contributed by atoms with E-state index in [9.17, 15) is 9.59 Å². The van der Waals surface area contributed by atoms with Crippen LogP contribution in [0.3, 0.4) is 0 Å². The van der Waals surface area contributed by atoms with Gasteiger partial charge < -0.3 is 15.3 Å². The summed E-state index contributed by atoms with van der Waals surface area (Å²) in [5.41, 5.74) is 1.33. The average Bonchev–Trinajstić information content (AvgIpc) is 3.05. The zero-order valence-corrected chi connectivity index (χ0v) is 13.0. The fraction of sp³-hybridized carbons (Fsp3) is 0.200. The summed E-state index contributed by atoms with van der Waals surface area (Å²) in [6.45, 7) is 0.349. The fourth-order valence-corrected chi connectivity index (χ4v) is 2.56. The largest absolute Gasteiger partial charge is 0.354 e. The van der Waals surface area contributed by atoms with E-state index in [0.717, 1.165) is 5.69 Å². The number of nitrogens with zero attached hydrogens (tertiary/aromatic N) is 2. The predicted molar refractivity (Wildman–Crippen MR) is 88.7 cm³/mol. The van der Waals surface area contributed by atoms with Crippen LogP contribution in [0, 0.1) is 4.77 Å². The van der Waals surface area contributed by atoms with Crippen molar-refractivity contribution in [2.75, 3.05) is 6.54 Å². The highest BCUT2D eigenvalue weighted by molar-refractivity contribution is 7.71. The number of imidazole rings is 1. The van der Waals surface area contributed by atoms with Gasteiger partial charge in [0.2, 0.25) is 5.91 Å².